The van der Waals surface area contributed by atoms with Crippen molar-refractivity contribution >= 4 is 5.97 Å². The molecule has 0 atom stereocenters. The smallest absolute Gasteiger partial charge is 0.334 e. The molecule has 62 valence electrons. The number of hydrogen-bond acceptors (Lipinski definition) is 3. The van der Waals surface area contributed by atoms with E-state index in [-0.39, 0.29) is 0 Å². The molecule has 0 aromatic carbocycles. The summed E-state index contributed by atoms with van der Waals surface area (Å²) in [7, 11) is 0. The Morgan fingerprint density at radius 3 is 3.09 bits per heavy atom. The zero-order chi connectivity index (χ0) is 8.27. The summed E-state index contributed by atoms with van der Waals surface area (Å²) < 4.78 is 0. The van der Waals surface area contributed by atoms with Crippen molar-refractivity contribution in [3.05, 3.63) is 11.8 Å². The highest BCUT2D eigenvalue weighted by Gasteiger charge is 2.15. The summed E-state index contributed by atoms with van der Waals surface area (Å²) in [6, 6.07) is 0. The first-order valence-electron chi connectivity index (χ1n) is 3.68. The second-order valence-corrected chi connectivity index (χ2v) is 2.49. The van der Waals surface area contributed by atoms with Gasteiger partial charge in [-0.05, 0) is 6.42 Å². The first-order valence-corrected chi connectivity index (χ1v) is 3.68. The van der Waals surface area contributed by atoms with Crippen LogP contribution in [0.25, 0.3) is 0 Å². The fourth-order valence-corrected chi connectivity index (χ4v) is 0.981. The second kappa shape index (κ2) is 3.39. The Balaban J connectivity index is 2.47. The molecule has 1 aliphatic heterocycles. The number of rotatable bonds is 3. The minimum absolute atomic E-state index is 0.429. The molecule has 0 fully saturated rings. The van der Waals surface area contributed by atoms with Crippen molar-refractivity contribution in [1.29, 1.82) is 0 Å². The van der Waals surface area contributed by atoms with Gasteiger partial charge >= 0.3 is 5.97 Å². The Morgan fingerprint density at radius 2 is 2.64 bits per heavy atom. The van der Waals surface area contributed by atoms with Gasteiger partial charge < -0.3 is 10.1 Å². The van der Waals surface area contributed by atoms with E-state index in [4.69, 9.17) is 5.11 Å². The van der Waals surface area contributed by atoms with Gasteiger partial charge in [0, 0.05) is 19.3 Å². The first kappa shape index (κ1) is 8.07. The molecule has 1 aliphatic rings. The number of carboxylic acid groups (broad SMARTS) is 1. The summed E-state index contributed by atoms with van der Waals surface area (Å²) in [6.45, 7) is 3.35. The Bertz CT molecular complexity index is 189. The van der Waals surface area contributed by atoms with Gasteiger partial charge in [0.1, 0.15) is 0 Å². The highest BCUT2D eigenvalue weighted by molar-refractivity contribution is 5.87. The summed E-state index contributed by atoms with van der Waals surface area (Å²) in [5.74, 6) is -0.837. The van der Waals surface area contributed by atoms with Gasteiger partial charge in [0.15, 0.2) is 0 Å². The maximum Gasteiger partial charge on any atom is 0.334 e. The number of nitrogens with one attached hydrogen (secondary N) is 1. The number of hydrogen-bond donors (Lipinski definition) is 2. The number of carboxylic acids is 1. The normalized spacial score (nSPS) is 16.8. The van der Waals surface area contributed by atoms with Gasteiger partial charge in [0.25, 0.3) is 0 Å². The summed E-state index contributed by atoms with van der Waals surface area (Å²) in [5.41, 5.74) is 3.38. The van der Waals surface area contributed by atoms with Crippen molar-refractivity contribution in [2.75, 3.05) is 13.1 Å². The summed E-state index contributed by atoms with van der Waals surface area (Å²) in [5, 5.41) is 10.4. The molecule has 0 saturated heterocycles. The lowest BCUT2D eigenvalue weighted by molar-refractivity contribution is -0.132. The van der Waals surface area contributed by atoms with E-state index in [0.717, 1.165) is 13.0 Å². The molecule has 0 aromatic heterocycles. The molecule has 1 heterocycles. The van der Waals surface area contributed by atoms with Crippen LogP contribution in [-0.4, -0.2) is 29.2 Å². The predicted molar refractivity (Wildman–Crippen MR) is 40.7 cm³/mol. The Labute approximate surface area is 65.5 Å². The zero-order valence-electron chi connectivity index (χ0n) is 6.50. The number of nitrogens with zero attached hydrogens (tertiary/aromatic N) is 1. The molecular weight excluding hydrogens is 144 g/mol. The predicted octanol–water partition coefficient (Wildman–Crippen LogP) is 0.185. The molecule has 0 aliphatic carbocycles. The third kappa shape index (κ3) is 1.94. The number of hydrazine groups is 1. The van der Waals surface area contributed by atoms with E-state index in [1.54, 1.807) is 6.20 Å². The Hall–Kier alpha value is -1.03. The summed E-state index contributed by atoms with van der Waals surface area (Å²) in [6.07, 6.45) is 2.65. The van der Waals surface area contributed by atoms with Crippen LogP contribution < -0.4 is 5.43 Å². The highest BCUT2D eigenvalue weighted by atomic mass is 16.4. The Morgan fingerprint density at radius 1 is 1.91 bits per heavy atom. The monoisotopic (exact) mass is 156 g/mol. The highest BCUT2D eigenvalue weighted by Crippen LogP contribution is 2.03. The van der Waals surface area contributed by atoms with Crippen LogP contribution in [0.3, 0.4) is 0 Å². The molecule has 0 spiro atoms. The van der Waals surface area contributed by atoms with E-state index >= 15 is 0 Å². The summed E-state index contributed by atoms with van der Waals surface area (Å²) >= 11 is 0. The lowest BCUT2D eigenvalue weighted by atomic mass is 10.3. The molecule has 0 saturated carbocycles. The average Bonchev–Trinajstić information content (AvgIpc) is 2.37. The van der Waals surface area contributed by atoms with Crippen LogP contribution >= 0.6 is 0 Å². The van der Waals surface area contributed by atoms with Crippen molar-refractivity contribution in [2.24, 2.45) is 0 Å². The van der Waals surface area contributed by atoms with Gasteiger partial charge in [-0.1, -0.05) is 6.92 Å². The largest absolute Gasteiger partial charge is 0.478 e. The molecule has 11 heavy (non-hydrogen) atoms. The molecule has 4 nitrogen and oxygen atoms in total. The fourth-order valence-electron chi connectivity index (χ4n) is 0.981. The van der Waals surface area contributed by atoms with Crippen LogP contribution in [-0.2, 0) is 4.79 Å². The minimum atomic E-state index is -0.837. The van der Waals surface area contributed by atoms with Crippen molar-refractivity contribution < 1.29 is 9.90 Å². The third-order valence-electron chi connectivity index (χ3n) is 1.52. The van der Waals surface area contributed by atoms with Crippen molar-refractivity contribution in [3.63, 3.8) is 0 Å². The minimum Gasteiger partial charge on any atom is -0.478 e. The maximum atomic E-state index is 10.4. The molecule has 4 heteroatoms. The average molecular weight is 156 g/mol. The topological polar surface area (TPSA) is 52.6 Å². The second-order valence-electron chi connectivity index (χ2n) is 2.49. The summed E-state index contributed by atoms with van der Waals surface area (Å²) in [4.78, 5) is 10.4. The van der Waals surface area contributed by atoms with E-state index in [0.29, 0.717) is 12.1 Å². The van der Waals surface area contributed by atoms with Crippen molar-refractivity contribution in [3.8, 4) is 0 Å². The third-order valence-corrected chi connectivity index (χ3v) is 1.52. The van der Waals surface area contributed by atoms with Gasteiger partial charge in [-0.25, -0.2) is 10.2 Å². The van der Waals surface area contributed by atoms with Crippen LogP contribution in [0.1, 0.15) is 13.3 Å². The first-order chi connectivity index (χ1) is 5.24. The van der Waals surface area contributed by atoms with Gasteiger partial charge in [-0.2, -0.15) is 0 Å². The quantitative estimate of drug-likeness (QED) is 0.612. The molecular formula is C7H12N2O2. The van der Waals surface area contributed by atoms with E-state index in [1.165, 1.54) is 0 Å². The molecule has 0 bridgehead atoms. The lowest BCUT2D eigenvalue weighted by Gasteiger charge is -2.13. The van der Waals surface area contributed by atoms with Crippen LogP contribution in [0.2, 0.25) is 0 Å². The maximum absolute atomic E-state index is 10.4. The molecule has 0 amide bonds. The standard InChI is InChI=1S/C7H12N2O2/c1-2-3-9-5-6(4-8-9)7(10)11/h5,8H,2-4H2,1H3,(H,10,11). The SMILES string of the molecule is CCCN1C=C(C(=O)O)CN1. The van der Waals surface area contributed by atoms with Gasteiger partial charge in [0.05, 0.1) is 5.57 Å². The van der Waals surface area contributed by atoms with Crippen LogP contribution in [0.4, 0.5) is 0 Å². The van der Waals surface area contributed by atoms with E-state index in [1.807, 2.05) is 11.9 Å². The van der Waals surface area contributed by atoms with E-state index < -0.39 is 5.97 Å². The van der Waals surface area contributed by atoms with Gasteiger partial charge in [0.2, 0.25) is 0 Å². The number of aliphatic carboxylic acids is 1. The van der Waals surface area contributed by atoms with Crippen molar-refractivity contribution in [2.45, 2.75) is 13.3 Å². The van der Waals surface area contributed by atoms with Gasteiger partial charge in [-0.15, -0.1) is 0 Å². The molecule has 0 radical (unpaired) electrons. The molecule has 2 N–H and O–H groups in total. The fraction of sp³-hybridized carbons (Fsp3) is 0.571. The van der Waals surface area contributed by atoms with Gasteiger partial charge in [-0.3, -0.25) is 0 Å². The van der Waals surface area contributed by atoms with Crippen LogP contribution in [0.5, 0.6) is 0 Å². The number of carbonyl (C=O) groups is 1. The van der Waals surface area contributed by atoms with Crippen molar-refractivity contribution in [1.82, 2.24) is 10.4 Å². The Kier molecular flexibility index (Phi) is 2.48. The van der Waals surface area contributed by atoms with Crippen LogP contribution in [0, 0.1) is 0 Å². The zero-order valence-corrected chi connectivity index (χ0v) is 6.50. The van der Waals surface area contributed by atoms with E-state index in [2.05, 4.69) is 5.43 Å². The van der Waals surface area contributed by atoms with E-state index in [9.17, 15) is 4.79 Å². The molecule has 0 unspecified atom stereocenters. The van der Waals surface area contributed by atoms with Crippen LogP contribution in [0.15, 0.2) is 11.8 Å². The molecule has 1 rings (SSSR count). The lowest BCUT2D eigenvalue weighted by Crippen LogP contribution is -2.29. The molecule has 0 aromatic rings.